The number of unbranched alkanes of at least 4 members (excludes halogenated alkanes) is 3. The van der Waals surface area contributed by atoms with Crippen molar-refractivity contribution < 1.29 is 9.90 Å². The Balaban J connectivity index is 1.97. The molecule has 0 aliphatic carbocycles. The molecule has 0 saturated heterocycles. The third-order valence-corrected chi connectivity index (χ3v) is 8.42. The van der Waals surface area contributed by atoms with E-state index in [0.717, 1.165) is 77.3 Å². The molecule has 1 heterocycles. The van der Waals surface area contributed by atoms with E-state index in [1.165, 1.54) is 0 Å². The summed E-state index contributed by atoms with van der Waals surface area (Å²) in [6.07, 6.45) is 11.3. The van der Waals surface area contributed by atoms with Crippen LogP contribution in [0.5, 0.6) is 5.88 Å². The van der Waals surface area contributed by atoms with Crippen molar-refractivity contribution in [1.29, 1.82) is 5.26 Å². The van der Waals surface area contributed by atoms with Crippen LogP contribution in [-0.2, 0) is 0 Å². The number of benzene rings is 2. The lowest BCUT2D eigenvalue weighted by Gasteiger charge is -2.31. The van der Waals surface area contributed by atoms with Gasteiger partial charge in [0, 0.05) is 24.2 Å². The van der Waals surface area contributed by atoms with Gasteiger partial charge >= 0.3 is 0 Å². The molecule has 2 aromatic carbocycles. The molecule has 3 rings (SSSR count). The van der Waals surface area contributed by atoms with Crippen molar-refractivity contribution in [2.75, 3.05) is 13.1 Å². The van der Waals surface area contributed by atoms with E-state index in [4.69, 9.17) is 0 Å². The Hall–Kier alpha value is -4.25. The second-order valence-electron chi connectivity index (χ2n) is 11.9. The Morgan fingerprint density at radius 3 is 2.11 bits per heavy atom. The molecule has 240 valence electrons. The van der Waals surface area contributed by atoms with Gasteiger partial charge in [-0.1, -0.05) is 109 Å². The fraction of sp³-hybridized carbons (Fsp3) is 0.486. The van der Waals surface area contributed by atoms with Crippen LogP contribution >= 0.6 is 0 Å². The average molecular weight is 612 g/mol. The lowest BCUT2D eigenvalue weighted by atomic mass is 9.93. The Labute approximate surface area is 268 Å². The number of H-pyrrole nitrogens is 1. The third-order valence-electron chi connectivity index (χ3n) is 8.42. The molecule has 3 aromatic rings. The minimum Gasteiger partial charge on any atom is -0.494 e. The number of nitrogens with one attached hydrogen (secondary N) is 1. The van der Waals surface area contributed by atoms with Crippen molar-refractivity contribution in [3.63, 3.8) is 0 Å². The van der Waals surface area contributed by atoms with Crippen LogP contribution in [0, 0.1) is 23.2 Å². The number of hydrogen-bond acceptors (Lipinski definition) is 6. The number of rotatable bonds is 18. The monoisotopic (exact) mass is 611 g/mol. The molecule has 0 aliphatic heterocycles. The molecule has 0 aliphatic rings. The molecule has 0 fully saturated rings. The van der Waals surface area contributed by atoms with E-state index in [1.54, 1.807) is 42.5 Å². The number of hydrogen-bond donors (Lipinski definition) is 2. The van der Waals surface area contributed by atoms with Crippen LogP contribution in [0.15, 0.2) is 69.6 Å². The van der Waals surface area contributed by atoms with Gasteiger partial charge in [-0.15, -0.1) is 5.11 Å². The van der Waals surface area contributed by atoms with E-state index in [0.29, 0.717) is 28.7 Å². The molecule has 2 N–H and O–H groups in total. The molecule has 0 radical (unpaired) electrons. The summed E-state index contributed by atoms with van der Waals surface area (Å²) in [6, 6.07) is 17.8. The van der Waals surface area contributed by atoms with Crippen molar-refractivity contribution >= 4 is 17.3 Å². The molecule has 0 spiro atoms. The molecule has 0 saturated carbocycles. The van der Waals surface area contributed by atoms with E-state index in [1.807, 2.05) is 18.2 Å². The van der Waals surface area contributed by atoms with Gasteiger partial charge in [-0.25, -0.2) is 0 Å². The van der Waals surface area contributed by atoms with Crippen LogP contribution in [0.3, 0.4) is 0 Å². The Morgan fingerprint density at radius 2 is 1.51 bits per heavy atom. The summed E-state index contributed by atoms with van der Waals surface area (Å²) in [4.78, 5) is 31.4. The average Bonchev–Trinajstić information content (AvgIpc) is 3.06. The Bertz CT molecular complexity index is 1480. The van der Waals surface area contributed by atoms with Gasteiger partial charge in [0.15, 0.2) is 5.69 Å². The fourth-order valence-corrected chi connectivity index (χ4v) is 5.75. The van der Waals surface area contributed by atoms with Crippen LogP contribution < -0.4 is 5.56 Å². The van der Waals surface area contributed by atoms with Crippen molar-refractivity contribution in [2.24, 2.45) is 22.1 Å². The minimum atomic E-state index is -0.671. The van der Waals surface area contributed by atoms with E-state index < -0.39 is 11.4 Å². The molecule has 1 amide bonds. The smallest absolute Gasteiger partial charge is 0.279 e. The summed E-state index contributed by atoms with van der Waals surface area (Å²) in [7, 11) is 0. The molecule has 8 heteroatoms. The second kappa shape index (κ2) is 18.5. The molecule has 8 nitrogen and oxygen atoms in total. The van der Waals surface area contributed by atoms with E-state index >= 15 is 0 Å². The van der Waals surface area contributed by atoms with Crippen LogP contribution in [0.25, 0.3) is 11.1 Å². The maximum absolute atomic E-state index is 14.1. The number of nitriles is 1. The molecular formula is C37H49N5O3. The highest BCUT2D eigenvalue weighted by atomic mass is 16.3. The lowest BCUT2D eigenvalue weighted by Crippen LogP contribution is -2.39. The second-order valence-corrected chi connectivity index (χ2v) is 11.9. The van der Waals surface area contributed by atoms with Gasteiger partial charge in [0.05, 0.1) is 5.69 Å². The molecule has 1 unspecified atom stereocenters. The summed E-state index contributed by atoms with van der Waals surface area (Å²) in [5, 5.41) is 28.6. The zero-order chi connectivity index (χ0) is 32.6. The van der Waals surface area contributed by atoms with Crippen LogP contribution in [0.4, 0.5) is 11.4 Å². The van der Waals surface area contributed by atoms with Crippen molar-refractivity contribution in [3.05, 3.63) is 76.1 Å². The van der Waals surface area contributed by atoms with Gasteiger partial charge in [0.1, 0.15) is 11.6 Å². The molecular weight excluding hydrogens is 562 g/mol. The largest absolute Gasteiger partial charge is 0.494 e. The molecule has 45 heavy (non-hydrogen) atoms. The van der Waals surface area contributed by atoms with E-state index in [-0.39, 0.29) is 22.7 Å². The normalized spacial score (nSPS) is 12.0. The van der Waals surface area contributed by atoms with Crippen LogP contribution in [0.1, 0.15) is 108 Å². The lowest BCUT2D eigenvalue weighted by molar-refractivity contribution is 0.0682. The predicted octanol–water partition coefficient (Wildman–Crippen LogP) is 9.69. The zero-order valence-electron chi connectivity index (χ0n) is 27.4. The number of nitrogens with zero attached hydrogens (tertiary/aromatic N) is 4. The first kappa shape index (κ1) is 35.2. The number of azo groups is 1. The highest BCUT2D eigenvalue weighted by molar-refractivity contribution is 5.95. The SMILES string of the molecule is CCCCC(CC)CN(CC(CCCC)CCCC)C(=O)c1cccc(N=Nc2c(-c3ccccc3)c(C#N)c(O)[nH]c2=O)c1. The Morgan fingerprint density at radius 1 is 0.889 bits per heavy atom. The maximum Gasteiger partial charge on any atom is 0.279 e. The minimum absolute atomic E-state index is 0.0146. The van der Waals surface area contributed by atoms with Gasteiger partial charge in [-0.05, 0) is 54.9 Å². The van der Waals surface area contributed by atoms with Gasteiger partial charge < -0.3 is 10.0 Å². The van der Waals surface area contributed by atoms with Crippen molar-refractivity contribution in [3.8, 4) is 23.1 Å². The van der Waals surface area contributed by atoms with Gasteiger partial charge in [0.2, 0.25) is 5.88 Å². The van der Waals surface area contributed by atoms with Gasteiger partial charge in [0.25, 0.3) is 11.5 Å². The number of aromatic hydroxyl groups is 1. The zero-order valence-corrected chi connectivity index (χ0v) is 27.4. The van der Waals surface area contributed by atoms with Gasteiger partial charge in [-0.3, -0.25) is 14.6 Å². The number of aromatic nitrogens is 1. The molecule has 1 aromatic heterocycles. The van der Waals surface area contributed by atoms with Crippen molar-refractivity contribution in [1.82, 2.24) is 9.88 Å². The standard InChI is InChI=1S/C37H49N5O3/c1-5-9-16-27(8-4)25-42(26-28(17-10-6-2)18-11-7-3)37(45)30-21-15-22-31(23-30)40-41-34-33(29-19-13-12-14-20-29)32(24-38)35(43)39-36(34)44/h12-15,19-23,27-28H,5-11,16-18,25-26H2,1-4H3,(H2,39,43,44). The highest BCUT2D eigenvalue weighted by Gasteiger charge is 2.24. The highest BCUT2D eigenvalue weighted by Crippen LogP contribution is 2.35. The summed E-state index contributed by atoms with van der Waals surface area (Å²) < 4.78 is 0. The molecule has 0 bridgehead atoms. The quantitative estimate of drug-likeness (QED) is 0.139. The predicted molar refractivity (Wildman–Crippen MR) is 181 cm³/mol. The summed E-state index contributed by atoms with van der Waals surface area (Å²) in [6.45, 7) is 10.3. The number of aromatic amines is 1. The van der Waals surface area contributed by atoms with E-state index in [2.05, 4.69) is 47.8 Å². The fourth-order valence-electron chi connectivity index (χ4n) is 5.75. The topological polar surface area (TPSA) is 122 Å². The van der Waals surface area contributed by atoms with Crippen LogP contribution in [0.2, 0.25) is 0 Å². The number of carbonyl (C=O) groups is 1. The molecule has 1 atom stereocenters. The first-order valence-electron chi connectivity index (χ1n) is 16.6. The first-order chi connectivity index (χ1) is 21.9. The van der Waals surface area contributed by atoms with Gasteiger partial charge in [-0.2, -0.15) is 10.4 Å². The number of carbonyl (C=O) groups excluding carboxylic acids is 1. The Kier molecular flexibility index (Phi) is 14.5. The maximum atomic E-state index is 14.1. The van der Waals surface area contributed by atoms with E-state index in [9.17, 15) is 20.0 Å². The summed E-state index contributed by atoms with van der Waals surface area (Å²) in [5.74, 6) is 0.377. The third kappa shape index (κ3) is 10.1. The summed E-state index contributed by atoms with van der Waals surface area (Å²) >= 11 is 0. The first-order valence-corrected chi connectivity index (χ1v) is 16.6. The number of amides is 1. The number of pyridine rings is 1. The van der Waals surface area contributed by atoms with Crippen molar-refractivity contribution in [2.45, 2.75) is 91.9 Å². The van der Waals surface area contributed by atoms with Crippen LogP contribution in [-0.4, -0.2) is 34.0 Å². The summed E-state index contributed by atoms with van der Waals surface area (Å²) in [5.41, 5.74) is 0.839.